The Morgan fingerprint density at radius 1 is 0.600 bits per heavy atom. The van der Waals surface area contributed by atoms with E-state index in [9.17, 15) is 20.4 Å². The van der Waals surface area contributed by atoms with Crippen LogP contribution in [0.3, 0.4) is 0 Å². The molecule has 0 aliphatic carbocycles. The molecule has 6 N–H and O–H groups in total. The van der Waals surface area contributed by atoms with Crippen LogP contribution in [0.2, 0.25) is 0 Å². The molecule has 0 atom stereocenters. The third-order valence-corrected chi connectivity index (χ3v) is 4.17. The topological polar surface area (TPSA) is 121 Å². The molecule has 0 bridgehead atoms. The Morgan fingerprint density at radius 2 is 0.880 bits per heavy atom. The first-order valence-electron chi connectivity index (χ1n) is 7.39. The van der Waals surface area contributed by atoms with Gasteiger partial charge >= 0.3 is 0 Å². The first-order chi connectivity index (χ1) is 11.1. The van der Waals surface area contributed by atoms with Gasteiger partial charge in [0.15, 0.2) is 0 Å². The molecule has 6 heteroatoms. The van der Waals surface area contributed by atoms with E-state index in [1.54, 1.807) is 27.7 Å². The van der Waals surface area contributed by atoms with Crippen molar-refractivity contribution < 1.29 is 30.6 Å². The van der Waals surface area contributed by atoms with E-state index in [0.29, 0.717) is 33.4 Å². The normalized spacial score (nSPS) is 9.84. The van der Waals surface area contributed by atoms with Crippen molar-refractivity contribution in [2.45, 2.75) is 48.3 Å². The van der Waals surface area contributed by atoms with Crippen LogP contribution in [0, 0.1) is 27.7 Å². The van der Waals surface area contributed by atoms with E-state index in [2.05, 4.69) is 0 Å². The highest BCUT2D eigenvalue weighted by Crippen LogP contribution is 2.32. The van der Waals surface area contributed by atoms with Crippen molar-refractivity contribution >= 4 is 0 Å². The van der Waals surface area contributed by atoms with Gasteiger partial charge in [0.25, 0.3) is 0 Å². The van der Waals surface area contributed by atoms with Gasteiger partial charge in [-0.25, -0.2) is 0 Å². The monoisotopic (exact) mass is 352 g/mol. The van der Waals surface area contributed by atoms with Crippen LogP contribution in [-0.2, 0) is 13.2 Å². The van der Waals surface area contributed by atoms with Gasteiger partial charge in [-0.15, -0.1) is 0 Å². The summed E-state index contributed by atoms with van der Waals surface area (Å²) in [5.41, 5.74) is 3.22. The number of phenolic OH excluding ortho intramolecular Hbond substituents is 2. The Balaban J connectivity index is 0.000000443. The number of hydrogen-bond acceptors (Lipinski definition) is 6. The lowest BCUT2D eigenvalue weighted by atomic mass is 10.0. The summed E-state index contributed by atoms with van der Waals surface area (Å²) < 4.78 is 0. The smallest absolute Gasteiger partial charge is 0.124 e. The van der Waals surface area contributed by atoms with Gasteiger partial charge in [0, 0.05) is 11.1 Å². The van der Waals surface area contributed by atoms with Crippen molar-refractivity contribution in [1.82, 2.24) is 0 Å². The molecule has 0 saturated carbocycles. The predicted octanol–water partition coefficient (Wildman–Crippen LogP) is 3.05. The molecule has 0 heterocycles. The van der Waals surface area contributed by atoms with Crippen molar-refractivity contribution in [2.75, 3.05) is 0 Å². The molecular weight excluding hydrogens is 324 g/mol. The molecule has 0 aliphatic rings. The summed E-state index contributed by atoms with van der Waals surface area (Å²) in [5.74, 6) is 0.337. The highest BCUT2D eigenvalue weighted by Gasteiger charge is 2.10. The Bertz CT molecular complexity index is 674. The predicted molar refractivity (Wildman–Crippen MR) is 97.1 cm³/mol. The number of rotatable bonds is 2. The van der Waals surface area contributed by atoms with Crippen molar-refractivity contribution in [2.24, 2.45) is 0 Å². The van der Waals surface area contributed by atoms with E-state index in [0.717, 1.165) is 0 Å². The zero-order chi connectivity index (χ0) is 18.6. The lowest BCUT2D eigenvalue weighted by molar-refractivity contribution is 0.274. The standard InChI is InChI=1S/2C9H12O3.CH4/c2*1-5-6(2)9(12)7(4-10)3-8(5)11;/h2*3,10-12H,4H2,1-2H3;1H4. The minimum Gasteiger partial charge on any atom is -0.508 e. The van der Waals surface area contributed by atoms with Crippen LogP contribution >= 0.6 is 0 Å². The fraction of sp³-hybridized carbons (Fsp3) is 0.368. The zero-order valence-electron chi connectivity index (χ0n) is 14.3. The molecular formula is C19H28O6. The number of benzene rings is 2. The van der Waals surface area contributed by atoms with Crippen molar-refractivity contribution in [3.63, 3.8) is 0 Å². The van der Waals surface area contributed by atoms with Gasteiger partial charge in [0.05, 0.1) is 13.2 Å². The van der Waals surface area contributed by atoms with Crippen LogP contribution in [0.1, 0.15) is 40.8 Å². The van der Waals surface area contributed by atoms with Gasteiger partial charge in [-0.1, -0.05) is 7.43 Å². The molecule has 0 fully saturated rings. The fourth-order valence-corrected chi connectivity index (χ4v) is 2.15. The molecule has 0 unspecified atom stereocenters. The number of aliphatic hydroxyl groups excluding tert-OH is 2. The van der Waals surface area contributed by atoms with Crippen LogP contribution in [0.15, 0.2) is 12.1 Å². The maximum absolute atomic E-state index is 9.43. The summed E-state index contributed by atoms with van der Waals surface area (Å²) in [6.45, 7) is 6.30. The van der Waals surface area contributed by atoms with Crippen molar-refractivity contribution in [1.29, 1.82) is 0 Å². The molecule has 25 heavy (non-hydrogen) atoms. The van der Waals surface area contributed by atoms with Gasteiger partial charge in [-0.3, -0.25) is 0 Å². The second-order valence-electron chi connectivity index (χ2n) is 5.62. The summed E-state index contributed by atoms with van der Waals surface area (Å²) in [6.07, 6.45) is 0. The Morgan fingerprint density at radius 3 is 1.12 bits per heavy atom. The third-order valence-electron chi connectivity index (χ3n) is 4.17. The summed E-state index contributed by atoms with van der Waals surface area (Å²) in [4.78, 5) is 0. The molecule has 0 aliphatic heterocycles. The van der Waals surface area contributed by atoms with E-state index in [-0.39, 0.29) is 43.6 Å². The third kappa shape index (κ3) is 4.78. The summed E-state index contributed by atoms with van der Waals surface area (Å²) in [6, 6.07) is 2.75. The largest absolute Gasteiger partial charge is 0.508 e. The zero-order valence-corrected chi connectivity index (χ0v) is 14.3. The minimum absolute atomic E-state index is 0. The Kier molecular flexibility index (Phi) is 8.26. The quantitative estimate of drug-likeness (QED) is 0.462. The highest BCUT2D eigenvalue weighted by atomic mass is 16.3. The van der Waals surface area contributed by atoms with Crippen molar-refractivity contribution in [3.05, 3.63) is 45.5 Å². The number of aliphatic hydroxyl groups is 2. The second-order valence-corrected chi connectivity index (χ2v) is 5.62. The number of phenols is 4. The maximum atomic E-state index is 9.43. The molecule has 2 aromatic carbocycles. The minimum atomic E-state index is -0.263. The highest BCUT2D eigenvalue weighted by molar-refractivity contribution is 5.51. The summed E-state index contributed by atoms with van der Waals surface area (Å²) in [5, 5.41) is 55.1. The van der Waals surface area contributed by atoms with Crippen LogP contribution in [0.5, 0.6) is 23.0 Å². The molecule has 2 rings (SSSR count). The Labute approximate surface area is 148 Å². The molecule has 0 saturated heterocycles. The van der Waals surface area contributed by atoms with E-state index in [1.165, 1.54) is 12.1 Å². The lowest BCUT2D eigenvalue weighted by Gasteiger charge is -2.09. The fourth-order valence-electron chi connectivity index (χ4n) is 2.15. The van der Waals surface area contributed by atoms with E-state index < -0.39 is 0 Å². The molecule has 0 radical (unpaired) electrons. The number of aromatic hydroxyl groups is 4. The molecule has 0 aromatic heterocycles. The first-order valence-corrected chi connectivity index (χ1v) is 7.39. The SMILES string of the molecule is C.Cc1c(O)cc(CO)c(O)c1C.Cc1c(O)cc(CO)c(O)c1C. The van der Waals surface area contributed by atoms with Gasteiger partial charge in [0.2, 0.25) is 0 Å². The van der Waals surface area contributed by atoms with E-state index >= 15 is 0 Å². The van der Waals surface area contributed by atoms with Gasteiger partial charge in [0.1, 0.15) is 23.0 Å². The molecule has 140 valence electrons. The summed E-state index contributed by atoms with van der Waals surface area (Å²) >= 11 is 0. The molecule has 0 spiro atoms. The van der Waals surface area contributed by atoms with E-state index in [1.807, 2.05) is 0 Å². The molecule has 0 amide bonds. The first kappa shape index (κ1) is 22.6. The van der Waals surface area contributed by atoms with Crippen molar-refractivity contribution in [3.8, 4) is 23.0 Å². The van der Waals surface area contributed by atoms with Crippen LogP contribution < -0.4 is 0 Å². The number of hydrogen-bond donors (Lipinski definition) is 6. The average Bonchev–Trinajstić information content (AvgIpc) is 2.58. The van der Waals surface area contributed by atoms with Gasteiger partial charge in [-0.05, 0) is 62.1 Å². The van der Waals surface area contributed by atoms with Crippen LogP contribution in [0.4, 0.5) is 0 Å². The molecule has 6 nitrogen and oxygen atoms in total. The van der Waals surface area contributed by atoms with E-state index in [4.69, 9.17) is 10.2 Å². The van der Waals surface area contributed by atoms with Crippen LogP contribution in [-0.4, -0.2) is 30.6 Å². The second kappa shape index (κ2) is 9.15. The van der Waals surface area contributed by atoms with Gasteiger partial charge < -0.3 is 30.6 Å². The lowest BCUT2D eigenvalue weighted by Crippen LogP contribution is -1.90. The average molecular weight is 352 g/mol. The summed E-state index contributed by atoms with van der Waals surface area (Å²) in [7, 11) is 0. The van der Waals surface area contributed by atoms with Gasteiger partial charge in [-0.2, -0.15) is 0 Å². The molecule has 2 aromatic rings. The maximum Gasteiger partial charge on any atom is 0.124 e. The van der Waals surface area contributed by atoms with Crippen LogP contribution in [0.25, 0.3) is 0 Å². The Hall–Kier alpha value is -2.44.